The Morgan fingerprint density at radius 1 is 0.314 bits per heavy atom. The molecule has 0 spiro atoms. The van der Waals surface area contributed by atoms with Crippen molar-refractivity contribution in [3.05, 3.63) is 0 Å². The van der Waals surface area contributed by atoms with E-state index in [1.54, 1.807) is 0 Å². The molecule has 0 saturated heterocycles. The van der Waals surface area contributed by atoms with Crippen LogP contribution in [0.2, 0.25) is 0 Å². The number of rotatable bonds is 44. The van der Waals surface area contributed by atoms with Crippen LogP contribution in [0.25, 0.3) is 0 Å². The summed E-state index contributed by atoms with van der Waals surface area (Å²) in [5.41, 5.74) is 0. The van der Waals surface area contributed by atoms with Gasteiger partial charge in [-0.3, -0.25) is 4.84 Å². The SMILES string of the molecule is CCCCCCCCCCCCCCCCCCCCC(CCCCCCCCCCCCCCCCCCCC)ON(C)C(C)CCC(C)C. The summed E-state index contributed by atoms with van der Waals surface area (Å²) in [6, 6.07) is 0.510. The van der Waals surface area contributed by atoms with E-state index < -0.39 is 0 Å². The monoisotopic (exact) mass is 720 g/mol. The lowest BCUT2D eigenvalue weighted by Gasteiger charge is -2.29. The van der Waals surface area contributed by atoms with E-state index >= 15 is 0 Å². The van der Waals surface area contributed by atoms with Gasteiger partial charge in [0.15, 0.2) is 0 Å². The molecule has 0 saturated carbocycles. The van der Waals surface area contributed by atoms with Crippen molar-refractivity contribution in [2.24, 2.45) is 5.92 Å². The van der Waals surface area contributed by atoms with Crippen LogP contribution in [0.4, 0.5) is 0 Å². The molecule has 0 aliphatic rings. The minimum Gasteiger partial charge on any atom is -0.296 e. The zero-order valence-corrected chi connectivity index (χ0v) is 36.9. The van der Waals surface area contributed by atoms with Crippen LogP contribution in [0, 0.1) is 5.92 Å². The average molecular weight is 720 g/mol. The maximum absolute atomic E-state index is 6.64. The molecule has 0 aromatic heterocycles. The van der Waals surface area contributed by atoms with Gasteiger partial charge in [-0.1, -0.05) is 259 Å². The Bertz CT molecular complexity index is 579. The number of hydroxylamine groups is 2. The Kier molecular flexibility index (Phi) is 42.6. The predicted octanol–water partition coefficient (Wildman–Crippen LogP) is 17.9. The summed E-state index contributed by atoms with van der Waals surface area (Å²) in [7, 11) is 2.20. The maximum Gasteiger partial charge on any atom is 0.0793 e. The first-order chi connectivity index (χ1) is 25.0. The van der Waals surface area contributed by atoms with Crippen molar-refractivity contribution in [3.8, 4) is 0 Å². The van der Waals surface area contributed by atoms with Crippen LogP contribution in [0.3, 0.4) is 0 Å². The van der Waals surface area contributed by atoms with Gasteiger partial charge in [0.05, 0.1) is 6.10 Å². The molecule has 1 unspecified atom stereocenters. The molecule has 308 valence electrons. The third-order valence-corrected chi connectivity index (χ3v) is 11.9. The second-order valence-corrected chi connectivity index (χ2v) is 17.7. The number of hydrogen-bond acceptors (Lipinski definition) is 2. The van der Waals surface area contributed by atoms with E-state index in [0.717, 1.165) is 5.92 Å². The second-order valence-electron chi connectivity index (χ2n) is 17.7. The van der Waals surface area contributed by atoms with Gasteiger partial charge in [0.1, 0.15) is 0 Å². The van der Waals surface area contributed by atoms with Gasteiger partial charge in [0.2, 0.25) is 0 Å². The summed E-state index contributed by atoms with van der Waals surface area (Å²) >= 11 is 0. The Labute approximate surface area is 325 Å². The third kappa shape index (κ3) is 40.9. The minimum atomic E-state index is 0.415. The first kappa shape index (κ1) is 50.9. The van der Waals surface area contributed by atoms with Gasteiger partial charge in [-0.25, -0.2) is 0 Å². The second kappa shape index (κ2) is 42.7. The normalized spacial score (nSPS) is 12.6. The lowest BCUT2D eigenvalue weighted by Crippen LogP contribution is -2.34. The van der Waals surface area contributed by atoms with Gasteiger partial charge < -0.3 is 0 Å². The highest BCUT2D eigenvalue weighted by Crippen LogP contribution is 2.21. The van der Waals surface area contributed by atoms with Crippen molar-refractivity contribution in [1.29, 1.82) is 0 Å². The van der Waals surface area contributed by atoms with Gasteiger partial charge in [0, 0.05) is 13.1 Å². The van der Waals surface area contributed by atoms with E-state index in [0.29, 0.717) is 12.1 Å². The molecule has 0 heterocycles. The summed E-state index contributed by atoms with van der Waals surface area (Å²) in [6.45, 7) is 11.7. The summed E-state index contributed by atoms with van der Waals surface area (Å²) in [5, 5.41) is 2.22. The van der Waals surface area contributed by atoms with Gasteiger partial charge in [-0.15, -0.1) is 0 Å². The first-order valence-corrected chi connectivity index (χ1v) is 24.4. The summed E-state index contributed by atoms with van der Waals surface area (Å²) < 4.78 is 0. The standard InChI is InChI=1S/C49H101NO/c1-7-9-11-13-15-17-19-21-23-25-27-29-31-33-35-37-39-41-43-49(51-50(6)48(5)46-45-47(3)4)44-42-40-38-36-34-32-30-28-26-24-22-20-18-16-14-12-10-8-2/h47-49H,7-46H2,1-6H3. The van der Waals surface area contributed by atoms with E-state index in [-0.39, 0.29) is 0 Å². The first-order valence-electron chi connectivity index (χ1n) is 24.4. The van der Waals surface area contributed by atoms with E-state index in [4.69, 9.17) is 4.84 Å². The van der Waals surface area contributed by atoms with Crippen LogP contribution in [0.5, 0.6) is 0 Å². The minimum absolute atomic E-state index is 0.415. The molecule has 51 heavy (non-hydrogen) atoms. The summed E-state index contributed by atoms with van der Waals surface area (Å²) in [5.74, 6) is 0.774. The van der Waals surface area contributed by atoms with Gasteiger partial charge in [0.25, 0.3) is 0 Å². The largest absolute Gasteiger partial charge is 0.296 e. The zero-order valence-electron chi connectivity index (χ0n) is 36.9. The summed E-state index contributed by atoms with van der Waals surface area (Å²) in [6.07, 6.45) is 57.5. The average Bonchev–Trinajstić information content (AvgIpc) is 3.12. The van der Waals surface area contributed by atoms with Crippen LogP contribution in [0.15, 0.2) is 0 Å². The number of nitrogens with zero attached hydrogens (tertiary/aromatic N) is 1. The van der Waals surface area contributed by atoms with E-state index in [9.17, 15) is 0 Å². The Morgan fingerprint density at radius 2 is 0.549 bits per heavy atom. The molecule has 0 aromatic rings. The lowest BCUT2D eigenvalue weighted by atomic mass is 10.0. The van der Waals surface area contributed by atoms with Crippen LogP contribution in [-0.2, 0) is 4.84 Å². The highest BCUT2D eigenvalue weighted by atomic mass is 16.7. The molecular weight excluding hydrogens is 619 g/mol. The molecule has 2 nitrogen and oxygen atoms in total. The number of unbranched alkanes of at least 4 members (excludes halogenated alkanes) is 34. The number of hydrogen-bond donors (Lipinski definition) is 0. The van der Waals surface area contributed by atoms with Crippen LogP contribution in [-0.4, -0.2) is 24.3 Å². The topological polar surface area (TPSA) is 12.5 Å². The molecule has 1 atom stereocenters. The van der Waals surface area contributed by atoms with Gasteiger partial charge in [-0.05, 0) is 38.5 Å². The molecule has 0 fully saturated rings. The molecule has 0 aromatic carbocycles. The zero-order chi connectivity index (χ0) is 37.3. The van der Waals surface area contributed by atoms with Crippen molar-refractivity contribution >= 4 is 0 Å². The maximum atomic E-state index is 6.64. The fourth-order valence-corrected chi connectivity index (χ4v) is 7.89. The third-order valence-electron chi connectivity index (χ3n) is 11.9. The Hall–Kier alpha value is -0.0800. The molecule has 0 aliphatic heterocycles. The predicted molar refractivity (Wildman–Crippen MR) is 233 cm³/mol. The highest BCUT2D eigenvalue weighted by Gasteiger charge is 2.17. The molecule has 0 rings (SSSR count). The molecule has 0 N–H and O–H groups in total. The Morgan fingerprint density at radius 3 is 0.784 bits per heavy atom. The fourth-order valence-electron chi connectivity index (χ4n) is 7.89. The fraction of sp³-hybridized carbons (Fsp3) is 1.00. The highest BCUT2D eigenvalue weighted by molar-refractivity contribution is 4.64. The van der Waals surface area contributed by atoms with Crippen LogP contribution < -0.4 is 0 Å². The van der Waals surface area contributed by atoms with Crippen molar-refractivity contribution in [3.63, 3.8) is 0 Å². The molecular formula is C49H101NO. The molecule has 0 amide bonds. The van der Waals surface area contributed by atoms with Crippen LogP contribution >= 0.6 is 0 Å². The van der Waals surface area contributed by atoms with E-state index in [1.807, 2.05) is 0 Å². The summed E-state index contributed by atoms with van der Waals surface area (Å²) in [4.78, 5) is 6.64. The molecule has 2 heteroatoms. The Balaban J connectivity index is 3.91. The molecule has 0 bridgehead atoms. The lowest BCUT2D eigenvalue weighted by molar-refractivity contribution is -0.207. The van der Waals surface area contributed by atoms with Crippen molar-refractivity contribution < 1.29 is 4.84 Å². The molecule has 0 radical (unpaired) electrons. The van der Waals surface area contributed by atoms with Crippen molar-refractivity contribution in [1.82, 2.24) is 5.06 Å². The van der Waals surface area contributed by atoms with Crippen molar-refractivity contribution in [2.75, 3.05) is 7.05 Å². The van der Waals surface area contributed by atoms with Crippen molar-refractivity contribution in [2.45, 2.75) is 304 Å². The van der Waals surface area contributed by atoms with E-state index in [2.05, 4.69) is 46.7 Å². The smallest absolute Gasteiger partial charge is 0.0793 e. The van der Waals surface area contributed by atoms with Crippen LogP contribution in [0.1, 0.15) is 291 Å². The molecule has 0 aliphatic carbocycles. The van der Waals surface area contributed by atoms with Gasteiger partial charge >= 0.3 is 0 Å². The van der Waals surface area contributed by atoms with Gasteiger partial charge in [-0.2, -0.15) is 5.06 Å². The quantitative estimate of drug-likeness (QED) is 0.0459. The van der Waals surface area contributed by atoms with E-state index in [1.165, 1.54) is 257 Å².